The first kappa shape index (κ1) is 18.8. The molecular weight excluding hydrogens is 367 g/mol. The molecule has 2 heterocycles. The monoisotopic (exact) mass is 388 g/mol. The molecule has 0 aliphatic carbocycles. The van der Waals surface area contributed by atoms with Gasteiger partial charge < -0.3 is 4.90 Å². The van der Waals surface area contributed by atoms with Crippen LogP contribution in [-0.2, 0) is 13.1 Å². The standard InChI is InChI=1S/C23H21FN4O/c1-2-27(15-18-9-6-10-21(24)11-18)23(29)20-12-19-14-26-28(22(19)25-13-20)16-17-7-4-3-5-8-17/h3-14H,2,15-16H2,1H3. The third kappa shape index (κ3) is 4.16. The third-order valence-electron chi connectivity index (χ3n) is 4.83. The lowest BCUT2D eigenvalue weighted by Crippen LogP contribution is -2.30. The molecule has 1 amide bonds. The molecule has 0 saturated carbocycles. The minimum atomic E-state index is -0.306. The number of benzene rings is 2. The molecule has 6 heteroatoms. The Labute approximate surface area is 168 Å². The zero-order valence-electron chi connectivity index (χ0n) is 16.1. The topological polar surface area (TPSA) is 51.0 Å². The molecule has 0 aliphatic rings. The first-order valence-corrected chi connectivity index (χ1v) is 9.53. The number of halogens is 1. The fourth-order valence-corrected chi connectivity index (χ4v) is 3.33. The fraction of sp³-hybridized carbons (Fsp3) is 0.174. The van der Waals surface area contributed by atoms with Gasteiger partial charge in [-0.2, -0.15) is 5.10 Å². The summed E-state index contributed by atoms with van der Waals surface area (Å²) in [6, 6.07) is 18.2. The summed E-state index contributed by atoms with van der Waals surface area (Å²) in [5.74, 6) is -0.443. The maximum atomic E-state index is 13.5. The SMILES string of the molecule is CCN(Cc1cccc(F)c1)C(=O)c1cnc2c(cnn2Cc2ccccc2)c1. The molecule has 0 spiro atoms. The second-order valence-corrected chi connectivity index (χ2v) is 6.87. The van der Waals surface area contributed by atoms with E-state index < -0.39 is 0 Å². The Bertz CT molecular complexity index is 1140. The van der Waals surface area contributed by atoms with E-state index in [0.29, 0.717) is 25.2 Å². The van der Waals surface area contributed by atoms with Crippen LogP contribution in [0.25, 0.3) is 11.0 Å². The summed E-state index contributed by atoms with van der Waals surface area (Å²) in [4.78, 5) is 19.1. The van der Waals surface area contributed by atoms with E-state index in [-0.39, 0.29) is 11.7 Å². The Kier molecular flexibility index (Phi) is 5.33. The summed E-state index contributed by atoms with van der Waals surface area (Å²) >= 11 is 0. The van der Waals surface area contributed by atoms with Gasteiger partial charge >= 0.3 is 0 Å². The van der Waals surface area contributed by atoms with Crippen molar-refractivity contribution in [3.8, 4) is 0 Å². The maximum Gasteiger partial charge on any atom is 0.255 e. The molecule has 2 aromatic heterocycles. The fourth-order valence-electron chi connectivity index (χ4n) is 3.33. The molecule has 0 bridgehead atoms. The molecule has 0 fully saturated rings. The minimum absolute atomic E-state index is 0.137. The lowest BCUT2D eigenvalue weighted by atomic mass is 10.1. The van der Waals surface area contributed by atoms with Crippen LogP contribution in [-0.4, -0.2) is 32.1 Å². The Morgan fingerprint density at radius 2 is 1.83 bits per heavy atom. The second kappa shape index (κ2) is 8.22. The molecule has 4 rings (SSSR count). The van der Waals surface area contributed by atoms with Gasteiger partial charge in [-0.25, -0.2) is 14.1 Å². The van der Waals surface area contributed by atoms with Gasteiger partial charge in [-0.3, -0.25) is 4.79 Å². The number of nitrogens with zero attached hydrogens (tertiary/aromatic N) is 4. The van der Waals surface area contributed by atoms with Crippen LogP contribution in [0.4, 0.5) is 4.39 Å². The smallest absolute Gasteiger partial charge is 0.255 e. The highest BCUT2D eigenvalue weighted by Crippen LogP contribution is 2.17. The molecule has 0 N–H and O–H groups in total. The zero-order valence-corrected chi connectivity index (χ0v) is 16.1. The predicted octanol–water partition coefficient (Wildman–Crippen LogP) is 4.28. The van der Waals surface area contributed by atoms with Gasteiger partial charge in [0, 0.05) is 24.7 Å². The van der Waals surface area contributed by atoms with Crippen molar-refractivity contribution in [1.82, 2.24) is 19.7 Å². The molecule has 0 unspecified atom stereocenters. The average molecular weight is 388 g/mol. The second-order valence-electron chi connectivity index (χ2n) is 6.87. The van der Waals surface area contributed by atoms with Crippen LogP contribution in [0, 0.1) is 5.82 Å². The number of hydrogen-bond acceptors (Lipinski definition) is 3. The van der Waals surface area contributed by atoms with Crippen LogP contribution < -0.4 is 0 Å². The lowest BCUT2D eigenvalue weighted by molar-refractivity contribution is 0.0752. The van der Waals surface area contributed by atoms with Crippen molar-refractivity contribution in [3.05, 3.63) is 95.6 Å². The molecule has 5 nitrogen and oxygen atoms in total. The molecular formula is C23H21FN4O. The van der Waals surface area contributed by atoms with Gasteiger partial charge in [-0.05, 0) is 36.2 Å². The van der Waals surface area contributed by atoms with E-state index in [2.05, 4.69) is 10.1 Å². The normalized spacial score (nSPS) is 11.0. The summed E-state index contributed by atoms with van der Waals surface area (Å²) in [5.41, 5.74) is 3.12. The van der Waals surface area contributed by atoms with Gasteiger partial charge in [0.2, 0.25) is 0 Å². The van der Waals surface area contributed by atoms with Crippen LogP contribution in [0.15, 0.2) is 73.1 Å². The highest BCUT2D eigenvalue weighted by Gasteiger charge is 2.17. The van der Waals surface area contributed by atoms with E-state index in [4.69, 9.17) is 0 Å². The zero-order chi connectivity index (χ0) is 20.2. The first-order chi connectivity index (χ1) is 14.1. The number of hydrogen-bond donors (Lipinski definition) is 0. The van der Waals surface area contributed by atoms with Crippen LogP contribution in [0.5, 0.6) is 0 Å². The van der Waals surface area contributed by atoms with Gasteiger partial charge in [0.25, 0.3) is 5.91 Å². The number of carbonyl (C=O) groups is 1. The Morgan fingerprint density at radius 1 is 1.03 bits per heavy atom. The highest BCUT2D eigenvalue weighted by atomic mass is 19.1. The molecule has 0 aliphatic heterocycles. The van der Waals surface area contributed by atoms with Crippen LogP contribution >= 0.6 is 0 Å². The van der Waals surface area contributed by atoms with Crippen molar-refractivity contribution < 1.29 is 9.18 Å². The van der Waals surface area contributed by atoms with Crippen molar-refractivity contribution in [1.29, 1.82) is 0 Å². The predicted molar refractivity (Wildman–Crippen MR) is 110 cm³/mol. The van der Waals surface area contributed by atoms with Gasteiger partial charge in [0.1, 0.15) is 5.82 Å². The molecule has 0 radical (unpaired) electrons. The summed E-state index contributed by atoms with van der Waals surface area (Å²) in [6.45, 7) is 3.38. The number of aromatic nitrogens is 3. The van der Waals surface area contributed by atoms with E-state index >= 15 is 0 Å². The quantitative estimate of drug-likeness (QED) is 0.495. The number of amides is 1. The Balaban J connectivity index is 1.56. The minimum Gasteiger partial charge on any atom is -0.335 e. The van der Waals surface area contributed by atoms with Crippen molar-refractivity contribution in [2.75, 3.05) is 6.54 Å². The number of fused-ring (bicyclic) bond motifs is 1. The average Bonchev–Trinajstić information content (AvgIpc) is 3.14. The van der Waals surface area contributed by atoms with Crippen molar-refractivity contribution in [2.45, 2.75) is 20.0 Å². The van der Waals surface area contributed by atoms with E-state index in [0.717, 1.165) is 22.2 Å². The third-order valence-corrected chi connectivity index (χ3v) is 4.83. The molecule has 146 valence electrons. The molecule has 2 aromatic carbocycles. The van der Waals surface area contributed by atoms with E-state index in [1.807, 2.05) is 54.1 Å². The molecule has 0 saturated heterocycles. The number of rotatable bonds is 6. The van der Waals surface area contributed by atoms with Gasteiger partial charge in [-0.15, -0.1) is 0 Å². The summed E-state index contributed by atoms with van der Waals surface area (Å²) in [6.07, 6.45) is 3.31. The highest BCUT2D eigenvalue weighted by molar-refractivity contribution is 5.96. The molecule has 29 heavy (non-hydrogen) atoms. The van der Waals surface area contributed by atoms with E-state index in [1.165, 1.54) is 12.1 Å². The van der Waals surface area contributed by atoms with Crippen molar-refractivity contribution in [2.24, 2.45) is 0 Å². The number of pyridine rings is 1. The van der Waals surface area contributed by atoms with Crippen LogP contribution in [0.1, 0.15) is 28.4 Å². The number of carbonyl (C=O) groups excluding carboxylic acids is 1. The van der Waals surface area contributed by atoms with E-state index in [1.54, 1.807) is 23.4 Å². The van der Waals surface area contributed by atoms with Crippen molar-refractivity contribution >= 4 is 16.9 Å². The molecule has 0 atom stereocenters. The maximum absolute atomic E-state index is 13.5. The summed E-state index contributed by atoms with van der Waals surface area (Å²) < 4.78 is 15.3. The van der Waals surface area contributed by atoms with Crippen LogP contribution in [0.2, 0.25) is 0 Å². The Hall–Kier alpha value is -3.54. The van der Waals surface area contributed by atoms with Crippen LogP contribution in [0.3, 0.4) is 0 Å². The van der Waals surface area contributed by atoms with Crippen molar-refractivity contribution in [3.63, 3.8) is 0 Å². The largest absolute Gasteiger partial charge is 0.335 e. The van der Waals surface area contributed by atoms with Gasteiger partial charge in [-0.1, -0.05) is 42.5 Å². The van der Waals surface area contributed by atoms with E-state index in [9.17, 15) is 9.18 Å². The summed E-state index contributed by atoms with van der Waals surface area (Å²) in [7, 11) is 0. The summed E-state index contributed by atoms with van der Waals surface area (Å²) in [5, 5.41) is 5.23. The van der Waals surface area contributed by atoms with Gasteiger partial charge in [0.05, 0.1) is 18.3 Å². The van der Waals surface area contributed by atoms with Gasteiger partial charge in [0.15, 0.2) is 5.65 Å². The first-order valence-electron chi connectivity index (χ1n) is 9.53. The lowest BCUT2D eigenvalue weighted by Gasteiger charge is -2.21. The Morgan fingerprint density at radius 3 is 2.59 bits per heavy atom. The molecule has 4 aromatic rings.